The van der Waals surface area contributed by atoms with Gasteiger partial charge in [-0.2, -0.15) is 0 Å². The van der Waals surface area contributed by atoms with Crippen molar-refractivity contribution >= 4 is 34.3 Å². The lowest BCUT2D eigenvalue weighted by atomic mass is 10.0. The Labute approximate surface area is 243 Å². The molecule has 0 unspecified atom stereocenters. The lowest BCUT2D eigenvalue weighted by Crippen LogP contribution is -2.46. The fraction of sp³-hybridized carbons (Fsp3) is 0.323. The zero-order valence-electron chi connectivity index (χ0n) is 23.5. The number of nitrogens with one attached hydrogen (secondary N) is 1. The number of hydrogen-bond acceptors (Lipinski definition) is 8. The van der Waals surface area contributed by atoms with E-state index in [4.69, 9.17) is 9.47 Å². The number of ether oxygens (including phenoxy) is 2. The minimum absolute atomic E-state index is 0.0862. The number of anilines is 1. The molecule has 11 nitrogen and oxygen atoms in total. The summed E-state index contributed by atoms with van der Waals surface area (Å²) in [5, 5.41) is 21.7. The molecule has 1 aromatic heterocycles. The second kappa shape index (κ2) is 12.8. The first kappa shape index (κ1) is 28.7. The average Bonchev–Trinajstić information content (AvgIpc) is 3.66. The largest absolute Gasteiger partial charge is 0.504 e. The molecule has 1 fully saturated rings. The summed E-state index contributed by atoms with van der Waals surface area (Å²) in [4.78, 5) is 41.6. The molecule has 0 saturated carbocycles. The van der Waals surface area contributed by atoms with Gasteiger partial charge in [0.1, 0.15) is 18.1 Å². The molecule has 3 aromatic carbocycles. The number of nitrogens with zero attached hydrogens (tertiary/aromatic N) is 4. The summed E-state index contributed by atoms with van der Waals surface area (Å²) in [7, 11) is 0. The Kier molecular flexibility index (Phi) is 8.77. The van der Waals surface area contributed by atoms with E-state index < -0.39 is 17.9 Å². The van der Waals surface area contributed by atoms with Crippen LogP contribution in [0.4, 0.5) is 5.69 Å². The van der Waals surface area contributed by atoms with Crippen molar-refractivity contribution in [2.75, 3.05) is 24.7 Å². The molecular weight excluding hydrogens is 538 g/mol. The van der Waals surface area contributed by atoms with Crippen molar-refractivity contribution in [3.63, 3.8) is 0 Å². The van der Waals surface area contributed by atoms with Crippen molar-refractivity contribution in [2.24, 2.45) is 0 Å². The van der Waals surface area contributed by atoms with Crippen LogP contribution < -0.4 is 15.0 Å². The molecular formula is C31H33N5O6. The number of amides is 2. The van der Waals surface area contributed by atoms with Gasteiger partial charge >= 0.3 is 0 Å². The zero-order valence-corrected chi connectivity index (χ0v) is 23.5. The fourth-order valence-corrected chi connectivity index (χ4v) is 5.04. The predicted molar refractivity (Wildman–Crippen MR) is 155 cm³/mol. The van der Waals surface area contributed by atoms with Crippen LogP contribution in [0.25, 0.3) is 11.0 Å². The number of fused-ring (bicyclic) bond motifs is 1. The SMILES string of the molecule is CCOc1cc([C@H](C(=O)NC[C@H]2CCCO2)N(C(=O)Cn2nnc3ccccc32)c2ccc(C(C)=O)cc2)ccc1O. The van der Waals surface area contributed by atoms with Crippen LogP contribution in [0.2, 0.25) is 0 Å². The quantitative estimate of drug-likeness (QED) is 0.260. The maximum Gasteiger partial charge on any atom is 0.249 e. The van der Waals surface area contributed by atoms with Crippen molar-refractivity contribution in [2.45, 2.75) is 45.4 Å². The maximum absolute atomic E-state index is 14.2. The summed E-state index contributed by atoms with van der Waals surface area (Å²) in [6.07, 6.45) is 1.63. The van der Waals surface area contributed by atoms with E-state index in [2.05, 4.69) is 15.6 Å². The molecule has 2 amide bonds. The number of carbonyl (C=O) groups is 3. The summed E-state index contributed by atoms with van der Waals surface area (Å²) in [6, 6.07) is 17.2. The van der Waals surface area contributed by atoms with Crippen LogP contribution in [0.1, 0.15) is 48.7 Å². The number of hydrogen-bond donors (Lipinski definition) is 2. The number of aromatic hydroxyl groups is 1. The number of ketones is 1. The minimum Gasteiger partial charge on any atom is -0.504 e. The third-order valence-corrected chi connectivity index (χ3v) is 7.16. The molecule has 218 valence electrons. The van der Waals surface area contributed by atoms with Gasteiger partial charge in [0.15, 0.2) is 17.3 Å². The van der Waals surface area contributed by atoms with E-state index in [9.17, 15) is 19.5 Å². The molecule has 42 heavy (non-hydrogen) atoms. The number of aromatic nitrogens is 3. The normalized spacial score (nSPS) is 15.3. The van der Waals surface area contributed by atoms with Crippen molar-refractivity contribution in [3.05, 3.63) is 77.9 Å². The second-order valence-electron chi connectivity index (χ2n) is 10.0. The van der Waals surface area contributed by atoms with Crippen molar-refractivity contribution in [1.82, 2.24) is 20.3 Å². The van der Waals surface area contributed by atoms with Crippen molar-refractivity contribution < 1.29 is 29.0 Å². The first-order valence-electron chi connectivity index (χ1n) is 13.9. The maximum atomic E-state index is 14.2. The highest BCUT2D eigenvalue weighted by atomic mass is 16.5. The third-order valence-electron chi connectivity index (χ3n) is 7.16. The number of phenols is 1. The Morgan fingerprint density at radius 2 is 1.93 bits per heavy atom. The van der Waals surface area contributed by atoms with Gasteiger partial charge in [0, 0.05) is 24.4 Å². The molecule has 1 aliphatic rings. The van der Waals surface area contributed by atoms with Crippen LogP contribution in [-0.2, 0) is 20.9 Å². The highest BCUT2D eigenvalue weighted by Crippen LogP contribution is 2.34. The van der Waals surface area contributed by atoms with Crippen molar-refractivity contribution in [1.29, 1.82) is 0 Å². The van der Waals surface area contributed by atoms with Gasteiger partial charge in [-0.3, -0.25) is 19.3 Å². The number of carbonyl (C=O) groups excluding carboxylic acids is 3. The van der Waals surface area contributed by atoms with Crippen LogP contribution in [0.3, 0.4) is 0 Å². The zero-order chi connectivity index (χ0) is 29.6. The highest BCUT2D eigenvalue weighted by molar-refractivity contribution is 6.02. The Hall–Kier alpha value is -4.77. The predicted octanol–water partition coefficient (Wildman–Crippen LogP) is 3.81. The van der Waals surface area contributed by atoms with E-state index in [1.807, 2.05) is 18.2 Å². The number of Topliss-reactive ketones (excluding diaryl/α,β-unsaturated/α-hetero) is 1. The van der Waals surface area contributed by atoms with E-state index >= 15 is 0 Å². The molecule has 0 bridgehead atoms. The number of rotatable bonds is 11. The lowest BCUT2D eigenvalue weighted by Gasteiger charge is -2.32. The molecule has 1 saturated heterocycles. The molecule has 5 rings (SSSR count). The molecule has 0 aliphatic carbocycles. The Morgan fingerprint density at radius 3 is 2.64 bits per heavy atom. The van der Waals surface area contributed by atoms with E-state index in [0.717, 1.165) is 12.8 Å². The summed E-state index contributed by atoms with van der Waals surface area (Å²) in [5.74, 6) is -0.903. The molecule has 4 aromatic rings. The second-order valence-corrected chi connectivity index (χ2v) is 10.0. The van der Waals surface area contributed by atoms with E-state index in [0.29, 0.717) is 41.1 Å². The molecule has 0 spiro atoms. The van der Waals surface area contributed by atoms with E-state index in [1.165, 1.54) is 22.6 Å². The number of para-hydroxylation sites is 1. The first-order chi connectivity index (χ1) is 20.4. The van der Waals surface area contributed by atoms with E-state index in [-0.39, 0.29) is 36.5 Å². The standard InChI is InChI=1S/C31H33N5O6/c1-3-41-28-17-22(12-15-27(28)38)30(31(40)32-18-24-7-6-16-42-24)36(23-13-10-21(11-14-23)20(2)37)29(39)19-35-26-9-5-4-8-25(26)33-34-35/h4-5,8-15,17,24,30,38H,3,6-7,16,18-19H2,1-2H3,(H,32,40)/t24-,30-/m1/s1. The van der Waals surface area contributed by atoms with Gasteiger partial charge in [0.05, 0.1) is 18.2 Å². The van der Waals surface area contributed by atoms with Crippen LogP contribution in [-0.4, -0.2) is 63.6 Å². The summed E-state index contributed by atoms with van der Waals surface area (Å²) in [5.41, 5.74) is 2.59. The van der Waals surface area contributed by atoms with Gasteiger partial charge < -0.3 is 19.9 Å². The Bertz CT molecular complexity index is 1580. The average molecular weight is 572 g/mol. The summed E-state index contributed by atoms with van der Waals surface area (Å²) >= 11 is 0. The van der Waals surface area contributed by atoms with Gasteiger partial charge in [0.2, 0.25) is 11.8 Å². The highest BCUT2D eigenvalue weighted by Gasteiger charge is 2.34. The van der Waals surface area contributed by atoms with E-state index in [1.54, 1.807) is 49.4 Å². The molecule has 2 atom stereocenters. The van der Waals surface area contributed by atoms with Crippen LogP contribution in [0, 0.1) is 0 Å². The summed E-state index contributed by atoms with van der Waals surface area (Å²) in [6.45, 7) is 4.25. The first-order valence-corrected chi connectivity index (χ1v) is 13.9. The van der Waals surface area contributed by atoms with Gasteiger partial charge in [-0.1, -0.05) is 23.4 Å². The Morgan fingerprint density at radius 1 is 1.14 bits per heavy atom. The van der Waals surface area contributed by atoms with Gasteiger partial charge in [-0.05, 0) is 80.8 Å². The summed E-state index contributed by atoms with van der Waals surface area (Å²) < 4.78 is 12.8. The topological polar surface area (TPSA) is 136 Å². The van der Waals surface area contributed by atoms with Crippen LogP contribution in [0.5, 0.6) is 11.5 Å². The third kappa shape index (κ3) is 6.26. The smallest absolute Gasteiger partial charge is 0.249 e. The molecule has 11 heteroatoms. The number of benzene rings is 3. The lowest BCUT2D eigenvalue weighted by molar-refractivity contribution is -0.127. The minimum atomic E-state index is -1.16. The van der Waals surface area contributed by atoms with Crippen LogP contribution in [0.15, 0.2) is 66.7 Å². The van der Waals surface area contributed by atoms with Crippen LogP contribution >= 0.6 is 0 Å². The van der Waals surface area contributed by atoms with Gasteiger partial charge in [-0.25, -0.2) is 4.68 Å². The Balaban J connectivity index is 1.58. The van der Waals surface area contributed by atoms with Gasteiger partial charge in [-0.15, -0.1) is 5.10 Å². The van der Waals surface area contributed by atoms with Crippen molar-refractivity contribution in [3.8, 4) is 11.5 Å². The van der Waals surface area contributed by atoms with Gasteiger partial charge in [0.25, 0.3) is 0 Å². The molecule has 2 N–H and O–H groups in total. The molecule has 1 aliphatic heterocycles. The number of phenolic OH excluding ortho intramolecular Hbond substituents is 1. The fourth-order valence-electron chi connectivity index (χ4n) is 5.04. The monoisotopic (exact) mass is 571 g/mol. The molecule has 0 radical (unpaired) electrons. The molecule has 2 heterocycles.